The molecular formula is C22H24N10. The summed E-state index contributed by atoms with van der Waals surface area (Å²) in [6.45, 7) is 3.01. The van der Waals surface area contributed by atoms with Gasteiger partial charge in [0.1, 0.15) is 0 Å². The summed E-state index contributed by atoms with van der Waals surface area (Å²) in [5, 5.41) is 18.5. The van der Waals surface area contributed by atoms with Crippen LogP contribution in [0.25, 0.3) is 22.9 Å². The molecule has 32 heavy (non-hydrogen) atoms. The predicted octanol–water partition coefficient (Wildman–Crippen LogP) is 1.22. The van der Waals surface area contributed by atoms with Crippen LogP contribution in [0.1, 0.15) is 25.3 Å². The van der Waals surface area contributed by atoms with Gasteiger partial charge in [-0.2, -0.15) is 14.8 Å². The van der Waals surface area contributed by atoms with Crippen LogP contribution >= 0.6 is 0 Å². The number of fused-ring (bicyclic) bond motifs is 2. The minimum atomic E-state index is 0.433. The van der Waals surface area contributed by atoms with E-state index in [-0.39, 0.29) is 0 Å². The van der Waals surface area contributed by atoms with Crippen molar-refractivity contribution in [3.8, 4) is 5.69 Å². The summed E-state index contributed by atoms with van der Waals surface area (Å²) in [5.41, 5.74) is 3.03. The van der Waals surface area contributed by atoms with Crippen LogP contribution in [0, 0.1) is 0 Å². The number of rotatable bonds is 4. The van der Waals surface area contributed by atoms with Crippen LogP contribution in [-0.2, 0) is 0 Å². The van der Waals surface area contributed by atoms with Crippen molar-refractivity contribution in [1.82, 2.24) is 39.6 Å². The lowest BCUT2D eigenvalue weighted by Gasteiger charge is -2.28. The van der Waals surface area contributed by atoms with Gasteiger partial charge in [-0.1, -0.05) is 17.4 Å². The molecule has 6 rings (SSSR count). The molecule has 10 heteroatoms. The Hall–Kier alpha value is -3.66. The van der Waals surface area contributed by atoms with E-state index in [1.165, 1.54) is 0 Å². The number of hydrogen-bond donors (Lipinski definition) is 1. The van der Waals surface area contributed by atoms with Crippen molar-refractivity contribution in [3.05, 3.63) is 47.4 Å². The zero-order valence-corrected chi connectivity index (χ0v) is 17.9. The summed E-state index contributed by atoms with van der Waals surface area (Å²) in [6, 6.07) is 6.55. The molecule has 0 unspecified atom stereocenters. The van der Waals surface area contributed by atoms with Crippen LogP contribution in [0.4, 0.5) is 11.6 Å². The van der Waals surface area contributed by atoms with Gasteiger partial charge >= 0.3 is 0 Å². The normalized spacial score (nSPS) is 17.0. The highest BCUT2D eigenvalue weighted by Crippen LogP contribution is 2.23. The SMILES string of the molecule is CN1CCC(n2cc(Nc3ncc4nnn(-c5ccc6c(c5)=NCCC=6)c4n3)cn2)CC1. The molecule has 1 aromatic carbocycles. The monoisotopic (exact) mass is 428 g/mol. The number of nitrogens with one attached hydrogen (secondary N) is 1. The second kappa shape index (κ2) is 7.79. The summed E-state index contributed by atoms with van der Waals surface area (Å²) < 4.78 is 3.78. The molecule has 0 saturated carbocycles. The molecule has 0 atom stereocenters. The average Bonchev–Trinajstić information content (AvgIpc) is 3.46. The van der Waals surface area contributed by atoms with E-state index < -0.39 is 0 Å². The number of anilines is 2. The van der Waals surface area contributed by atoms with E-state index in [1.807, 2.05) is 29.2 Å². The number of likely N-dealkylation sites (tertiary alicyclic amines) is 1. The van der Waals surface area contributed by atoms with Gasteiger partial charge in [0.25, 0.3) is 0 Å². The van der Waals surface area contributed by atoms with Crippen LogP contribution in [0.15, 0.2) is 41.8 Å². The molecule has 1 saturated heterocycles. The van der Waals surface area contributed by atoms with E-state index in [9.17, 15) is 0 Å². The van der Waals surface area contributed by atoms with E-state index >= 15 is 0 Å². The van der Waals surface area contributed by atoms with Gasteiger partial charge in [-0.25, -0.2) is 4.98 Å². The summed E-state index contributed by atoms with van der Waals surface area (Å²) in [4.78, 5) is 16.1. The Labute approximate surface area is 184 Å². The number of piperidine rings is 1. The average molecular weight is 429 g/mol. The van der Waals surface area contributed by atoms with E-state index in [4.69, 9.17) is 0 Å². The van der Waals surface area contributed by atoms with E-state index in [0.717, 1.165) is 60.8 Å². The Morgan fingerprint density at radius 3 is 2.94 bits per heavy atom. The summed E-state index contributed by atoms with van der Waals surface area (Å²) >= 11 is 0. The van der Waals surface area contributed by atoms with Crippen molar-refractivity contribution in [2.75, 3.05) is 32.0 Å². The minimum Gasteiger partial charge on any atom is -0.321 e. The number of nitrogens with zero attached hydrogens (tertiary/aromatic N) is 9. The van der Waals surface area contributed by atoms with E-state index in [1.54, 1.807) is 10.9 Å². The highest BCUT2D eigenvalue weighted by molar-refractivity contribution is 5.72. The lowest BCUT2D eigenvalue weighted by atomic mass is 10.1. The van der Waals surface area contributed by atoms with Crippen molar-refractivity contribution in [2.45, 2.75) is 25.3 Å². The zero-order chi connectivity index (χ0) is 21.5. The first kappa shape index (κ1) is 19.1. The Bertz CT molecular complexity index is 1390. The smallest absolute Gasteiger partial charge is 0.229 e. The van der Waals surface area contributed by atoms with Gasteiger partial charge in [0, 0.05) is 12.7 Å². The first-order valence-electron chi connectivity index (χ1n) is 11.0. The maximum Gasteiger partial charge on any atom is 0.229 e. The van der Waals surface area contributed by atoms with E-state index in [0.29, 0.717) is 23.2 Å². The molecule has 0 spiro atoms. The second-order valence-electron chi connectivity index (χ2n) is 8.39. The molecule has 5 heterocycles. The maximum absolute atomic E-state index is 4.68. The summed E-state index contributed by atoms with van der Waals surface area (Å²) in [7, 11) is 2.16. The molecule has 0 radical (unpaired) electrons. The van der Waals surface area contributed by atoms with Crippen molar-refractivity contribution in [2.24, 2.45) is 4.99 Å². The van der Waals surface area contributed by atoms with Crippen LogP contribution in [-0.4, -0.2) is 66.3 Å². The molecule has 2 aliphatic heterocycles. The molecular weight excluding hydrogens is 404 g/mol. The Morgan fingerprint density at radius 1 is 1.12 bits per heavy atom. The lowest BCUT2D eigenvalue weighted by Crippen LogP contribution is -2.31. The second-order valence-corrected chi connectivity index (χ2v) is 8.39. The number of benzene rings is 1. The van der Waals surface area contributed by atoms with Gasteiger partial charge in [0.05, 0.1) is 35.2 Å². The highest BCUT2D eigenvalue weighted by Gasteiger charge is 2.19. The third-order valence-corrected chi connectivity index (χ3v) is 6.15. The van der Waals surface area contributed by atoms with Crippen molar-refractivity contribution >= 4 is 28.9 Å². The van der Waals surface area contributed by atoms with Gasteiger partial charge < -0.3 is 10.2 Å². The minimum absolute atomic E-state index is 0.433. The predicted molar refractivity (Wildman–Crippen MR) is 120 cm³/mol. The molecule has 162 valence electrons. The van der Waals surface area contributed by atoms with Crippen LogP contribution in [0.3, 0.4) is 0 Å². The third kappa shape index (κ3) is 3.52. The first-order chi connectivity index (χ1) is 15.7. The molecule has 4 aromatic rings. The number of hydrogen-bond acceptors (Lipinski definition) is 8. The molecule has 1 fully saturated rings. The highest BCUT2D eigenvalue weighted by atomic mass is 15.4. The quantitative estimate of drug-likeness (QED) is 0.521. The molecule has 10 nitrogen and oxygen atoms in total. The molecule has 3 aromatic heterocycles. The zero-order valence-electron chi connectivity index (χ0n) is 17.9. The fourth-order valence-corrected chi connectivity index (χ4v) is 4.33. The van der Waals surface area contributed by atoms with Crippen molar-refractivity contribution < 1.29 is 0 Å². The number of aromatic nitrogens is 7. The Morgan fingerprint density at radius 2 is 2.03 bits per heavy atom. The first-order valence-corrected chi connectivity index (χ1v) is 11.0. The van der Waals surface area contributed by atoms with Crippen molar-refractivity contribution in [1.29, 1.82) is 0 Å². The van der Waals surface area contributed by atoms with Crippen molar-refractivity contribution in [3.63, 3.8) is 0 Å². The molecule has 1 N–H and O–H groups in total. The molecule has 2 aliphatic rings. The van der Waals surface area contributed by atoms with Crippen LogP contribution in [0.5, 0.6) is 0 Å². The summed E-state index contributed by atoms with van der Waals surface area (Å²) in [5.74, 6) is 0.486. The van der Waals surface area contributed by atoms with Gasteiger partial charge in [0.2, 0.25) is 5.95 Å². The van der Waals surface area contributed by atoms with Gasteiger partial charge in [-0.15, -0.1) is 5.10 Å². The molecule has 0 bridgehead atoms. The summed E-state index contributed by atoms with van der Waals surface area (Å²) in [6.07, 6.45) is 10.9. The Kier molecular flexibility index (Phi) is 4.64. The third-order valence-electron chi connectivity index (χ3n) is 6.15. The Balaban J connectivity index is 1.28. The standard InChI is InChI=1S/C22H24N10/c1-30-9-6-17(7-10-30)31-14-16(12-25-31)26-22-24-13-20-21(27-22)32(29-28-20)18-5-4-15-3-2-8-23-19(15)11-18/h3-5,11-14,17H,2,6-10H2,1H3,(H,24,26,27). The van der Waals surface area contributed by atoms with E-state index in [2.05, 4.69) is 59.8 Å². The van der Waals surface area contributed by atoms with Crippen LogP contribution in [0.2, 0.25) is 0 Å². The lowest BCUT2D eigenvalue weighted by molar-refractivity contribution is 0.212. The molecule has 0 amide bonds. The topological polar surface area (TPSA) is 102 Å². The van der Waals surface area contributed by atoms with Gasteiger partial charge in [-0.05, 0) is 56.8 Å². The van der Waals surface area contributed by atoms with Gasteiger partial charge in [-0.3, -0.25) is 9.67 Å². The van der Waals surface area contributed by atoms with Crippen LogP contribution < -0.4 is 15.9 Å². The van der Waals surface area contributed by atoms with Gasteiger partial charge in [0.15, 0.2) is 11.2 Å². The molecule has 0 aliphatic carbocycles. The largest absolute Gasteiger partial charge is 0.321 e. The fraction of sp³-hybridized carbons (Fsp3) is 0.364. The maximum atomic E-state index is 4.68. The fourth-order valence-electron chi connectivity index (χ4n) is 4.33.